The fraction of sp³-hybridized carbons (Fsp3) is 0.467. The molecule has 0 radical (unpaired) electrons. The largest absolute Gasteiger partial charge is 0.360 e. The fourth-order valence-corrected chi connectivity index (χ4v) is 3.26. The number of anilines is 1. The maximum absolute atomic E-state index is 12.5. The summed E-state index contributed by atoms with van der Waals surface area (Å²) in [5.41, 5.74) is 1.37. The van der Waals surface area contributed by atoms with Crippen LogP contribution in [0.15, 0.2) is 23.0 Å². The predicted molar refractivity (Wildman–Crippen MR) is 78.5 cm³/mol. The van der Waals surface area contributed by atoms with Gasteiger partial charge >= 0.3 is 0 Å². The SMILES string of the molecule is CN1CCc2onc(C3CCCN3c3ncccn3)c2C1=O. The van der Waals surface area contributed by atoms with Crippen molar-refractivity contribution >= 4 is 11.9 Å². The van der Waals surface area contributed by atoms with E-state index in [4.69, 9.17) is 4.52 Å². The third-order valence-corrected chi connectivity index (χ3v) is 4.40. The summed E-state index contributed by atoms with van der Waals surface area (Å²) < 4.78 is 5.44. The molecule has 1 saturated heterocycles. The molecule has 0 saturated carbocycles. The molecule has 0 aromatic carbocycles. The van der Waals surface area contributed by atoms with Gasteiger partial charge in [0, 0.05) is 39.0 Å². The standard InChI is InChI=1S/C15H17N5O2/c1-19-9-5-11-12(14(19)21)13(18-22-11)10-4-2-8-20(10)15-16-6-3-7-17-15/h3,6-7,10H,2,4-5,8-9H2,1H3. The van der Waals surface area contributed by atoms with Crippen LogP contribution in [0.4, 0.5) is 5.95 Å². The van der Waals surface area contributed by atoms with Gasteiger partial charge in [-0.1, -0.05) is 5.16 Å². The Hall–Kier alpha value is -2.44. The fourth-order valence-electron chi connectivity index (χ4n) is 3.26. The highest BCUT2D eigenvalue weighted by molar-refractivity contribution is 5.97. The third-order valence-electron chi connectivity index (χ3n) is 4.40. The minimum Gasteiger partial charge on any atom is -0.360 e. The zero-order valence-corrected chi connectivity index (χ0v) is 12.4. The monoisotopic (exact) mass is 299 g/mol. The number of likely N-dealkylation sites (N-methyl/N-ethyl adjacent to an activating group) is 1. The molecule has 1 amide bonds. The molecule has 2 aromatic heterocycles. The Morgan fingerprint density at radius 1 is 1.27 bits per heavy atom. The van der Waals surface area contributed by atoms with E-state index in [2.05, 4.69) is 20.0 Å². The molecule has 4 heterocycles. The van der Waals surface area contributed by atoms with Crippen molar-refractivity contribution in [1.82, 2.24) is 20.0 Å². The first-order valence-corrected chi connectivity index (χ1v) is 7.53. The van der Waals surface area contributed by atoms with Gasteiger partial charge in [-0.2, -0.15) is 0 Å². The van der Waals surface area contributed by atoms with Crippen molar-refractivity contribution in [3.05, 3.63) is 35.5 Å². The number of amides is 1. The van der Waals surface area contributed by atoms with Crippen LogP contribution in [0.25, 0.3) is 0 Å². The van der Waals surface area contributed by atoms with Crippen molar-refractivity contribution in [3.63, 3.8) is 0 Å². The highest BCUT2D eigenvalue weighted by Gasteiger charge is 2.38. The van der Waals surface area contributed by atoms with E-state index in [1.54, 1.807) is 23.4 Å². The average Bonchev–Trinajstić information content (AvgIpc) is 3.18. The van der Waals surface area contributed by atoms with Crippen LogP contribution < -0.4 is 4.90 Å². The van der Waals surface area contributed by atoms with Crippen molar-refractivity contribution in [2.24, 2.45) is 0 Å². The summed E-state index contributed by atoms with van der Waals surface area (Å²) >= 11 is 0. The zero-order chi connectivity index (χ0) is 15.1. The Morgan fingerprint density at radius 2 is 2.09 bits per heavy atom. The van der Waals surface area contributed by atoms with Crippen LogP contribution in [0.1, 0.15) is 40.7 Å². The lowest BCUT2D eigenvalue weighted by molar-refractivity contribution is 0.0773. The quantitative estimate of drug-likeness (QED) is 0.835. The van der Waals surface area contributed by atoms with Crippen molar-refractivity contribution in [2.45, 2.75) is 25.3 Å². The van der Waals surface area contributed by atoms with E-state index in [0.717, 1.165) is 31.5 Å². The summed E-state index contributed by atoms with van der Waals surface area (Å²) in [5.74, 6) is 1.38. The zero-order valence-electron chi connectivity index (χ0n) is 12.4. The molecule has 0 spiro atoms. The average molecular weight is 299 g/mol. The first-order valence-electron chi connectivity index (χ1n) is 7.53. The minimum atomic E-state index is -0.00155. The van der Waals surface area contributed by atoms with Gasteiger partial charge in [-0.05, 0) is 18.9 Å². The normalized spacial score (nSPS) is 21.3. The molecule has 2 aliphatic heterocycles. The summed E-state index contributed by atoms with van der Waals surface area (Å²) in [4.78, 5) is 25.0. The Morgan fingerprint density at radius 3 is 2.91 bits per heavy atom. The molecule has 114 valence electrons. The van der Waals surface area contributed by atoms with E-state index in [1.807, 2.05) is 7.05 Å². The molecule has 2 aromatic rings. The van der Waals surface area contributed by atoms with Gasteiger partial charge in [0.1, 0.15) is 11.3 Å². The van der Waals surface area contributed by atoms with Crippen LogP contribution in [0, 0.1) is 0 Å². The molecule has 7 nitrogen and oxygen atoms in total. The topological polar surface area (TPSA) is 75.4 Å². The molecule has 2 aliphatic rings. The second-order valence-electron chi connectivity index (χ2n) is 5.74. The predicted octanol–water partition coefficient (Wildman–Crippen LogP) is 1.43. The first-order chi connectivity index (χ1) is 10.8. The van der Waals surface area contributed by atoms with E-state index in [0.29, 0.717) is 23.8 Å². The summed E-state index contributed by atoms with van der Waals surface area (Å²) in [6.07, 6.45) is 6.13. The van der Waals surface area contributed by atoms with Crippen LogP contribution in [0.2, 0.25) is 0 Å². The molecule has 0 bridgehead atoms. The molecular formula is C15H17N5O2. The number of carbonyl (C=O) groups excluding carboxylic acids is 1. The maximum atomic E-state index is 12.5. The second-order valence-corrected chi connectivity index (χ2v) is 5.74. The second kappa shape index (κ2) is 5.08. The summed E-state index contributed by atoms with van der Waals surface area (Å²) in [6, 6.07) is 1.80. The van der Waals surface area contributed by atoms with Crippen molar-refractivity contribution in [3.8, 4) is 0 Å². The van der Waals surface area contributed by atoms with Gasteiger partial charge in [0.25, 0.3) is 5.91 Å². The van der Waals surface area contributed by atoms with Crippen LogP contribution >= 0.6 is 0 Å². The molecule has 7 heteroatoms. The highest BCUT2D eigenvalue weighted by atomic mass is 16.5. The number of aromatic nitrogens is 3. The van der Waals surface area contributed by atoms with Gasteiger partial charge in [0.2, 0.25) is 5.95 Å². The molecule has 22 heavy (non-hydrogen) atoms. The molecule has 0 aliphatic carbocycles. The van der Waals surface area contributed by atoms with E-state index >= 15 is 0 Å². The number of hydrogen-bond donors (Lipinski definition) is 0. The van der Waals surface area contributed by atoms with Gasteiger partial charge in [0.05, 0.1) is 6.04 Å². The lowest BCUT2D eigenvalue weighted by Crippen LogP contribution is -2.35. The number of rotatable bonds is 2. The maximum Gasteiger partial charge on any atom is 0.259 e. The summed E-state index contributed by atoms with van der Waals surface area (Å²) in [7, 11) is 1.81. The van der Waals surface area contributed by atoms with Crippen molar-refractivity contribution in [1.29, 1.82) is 0 Å². The van der Waals surface area contributed by atoms with Crippen molar-refractivity contribution in [2.75, 3.05) is 25.0 Å². The minimum absolute atomic E-state index is 0.00155. The third kappa shape index (κ3) is 1.96. The molecule has 1 fully saturated rings. The van der Waals surface area contributed by atoms with E-state index in [9.17, 15) is 4.79 Å². The number of fused-ring (bicyclic) bond motifs is 1. The number of nitrogens with zero attached hydrogens (tertiary/aromatic N) is 5. The number of carbonyl (C=O) groups is 1. The van der Waals surface area contributed by atoms with Crippen molar-refractivity contribution < 1.29 is 9.32 Å². The Bertz CT molecular complexity index is 699. The van der Waals surface area contributed by atoms with Crippen LogP contribution in [-0.2, 0) is 6.42 Å². The van der Waals surface area contributed by atoms with E-state index in [-0.39, 0.29) is 11.9 Å². The van der Waals surface area contributed by atoms with E-state index in [1.165, 1.54) is 0 Å². The summed E-state index contributed by atoms with van der Waals surface area (Å²) in [5, 5.41) is 4.22. The smallest absolute Gasteiger partial charge is 0.259 e. The van der Waals surface area contributed by atoms with Gasteiger partial charge in [-0.3, -0.25) is 4.79 Å². The Balaban J connectivity index is 1.73. The molecule has 0 N–H and O–H groups in total. The van der Waals surface area contributed by atoms with E-state index < -0.39 is 0 Å². The van der Waals surface area contributed by atoms with Crippen LogP contribution in [-0.4, -0.2) is 46.1 Å². The van der Waals surface area contributed by atoms with Crippen LogP contribution in [0.5, 0.6) is 0 Å². The molecule has 4 rings (SSSR count). The lowest BCUT2D eigenvalue weighted by Gasteiger charge is -2.25. The first kappa shape index (κ1) is 13.2. The molecule has 1 unspecified atom stereocenters. The van der Waals surface area contributed by atoms with Gasteiger partial charge in [0.15, 0.2) is 5.76 Å². The Labute approximate surface area is 127 Å². The number of hydrogen-bond acceptors (Lipinski definition) is 6. The lowest BCUT2D eigenvalue weighted by atomic mass is 10.0. The van der Waals surface area contributed by atoms with Gasteiger partial charge < -0.3 is 14.3 Å². The van der Waals surface area contributed by atoms with Gasteiger partial charge in [-0.15, -0.1) is 0 Å². The summed E-state index contributed by atoms with van der Waals surface area (Å²) in [6.45, 7) is 1.54. The molecular weight excluding hydrogens is 282 g/mol. The Kier molecular flexibility index (Phi) is 3.06. The molecule has 1 atom stereocenters. The van der Waals surface area contributed by atoms with Crippen LogP contribution in [0.3, 0.4) is 0 Å². The van der Waals surface area contributed by atoms with Gasteiger partial charge in [-0.25, -0.2) is 9.97 Å². The highest BCUT2D eigenvalue weighted by Crippen LogP contribution is 2.37.